The van der Waals surface area contributed by atoms with Crippen LogP contribution >= 0.6 is 0 Å². The van der Waals surface area contributed by atoms with Gasteiger partial charge in [0.05, 0.1) is 0 Å². The van der Waals surface area contributed by atoms with E-state index in [0.29, 0.717) is 0 Å². The summed E-state index contributed by atoms with van der Waals surface area (Å²) in [5.74, 6) is 0.0463. The third-order valence-corrected chi connectivity index (χ3v) is 2.96. The Balaban J connectivity index is 2.00. The molecule has 0 amide bonds. The van der Waals surface area contributed by atoms with Crippen LogP contribution in [0.5, 0.6) is 0 Å². The Morgan fingerprint density at radius 1 is 1.29 bits per heavy atom. The third-order valence-electron chi connectivity index (χ3n) is 2.96. The van der Waals surface area contributed by atoms with E-state index in [0.717, 1.165) is 11.3 Å². The number of carbonyl (C=O) groups is 1. The van der Waals surface area contributed by atoms with Crippen molar-refractivity contribution in [1.29, 1.82) is 0 Å². The number of hydrogen-bond donors (Lipinski definition) is 0. The van der Waals surface area contributed by atoms with E-state index in [1.165, 1.54) is 0 Å². The number of ether oxygens (including phenoxy) is 1. The van der Waals surface area contributed by atoms with Crippen molar-refractivity contribution in [3.8, 4) is 0 Å². The molecule has 2 rings (SSSR count). The molecule has 3 nitrogen and oxygen atoms in total. The molecule has 1 aliphatic rings. The first-order valence-electron chi connectivity index (χ1n) is 5.69. The Labute approximate surface area is 102 Å². The van der Waals surface area contributed by atoms with Crippen LogP contribution in [0.1, 0.15) is 18.6 Å². The minimum Gasteiger partial charge on any atom is -0.381 e. The highest BCUT2D eigenvalue weighted by Gasteiger charge is 2.44. The van der Waals surface area contributed by atoms with E-state index in [9.17, 15) is 4.79 Å². The lowest BCUT2D eigenvalue weighted by molar-refractivity contribution is -0.115. The van der Waals surface area contributed by atoms with Crippen molar-refractivity contribution >= 4 is 5.78 Å². The Kier molecular flexibility index (Phi) is 3.29. The van der Waals surface area contributed by atoms with E-state index in [4.69, 9.17) is 4.74 Å². The van der Waals surface area contributed by atoms with Crippen molar-refractivity contribution in [1.82, 2.24) is 4.90 Å². The summed E-state index contributed by atoms with van der Waals surface area (Å²) in [6, 6.07) is 9.85. The number of carbonyl (C=O) groups excluding carboxylic acids is 1. The molecule has 1 aliphatic heterocycles. The van der Waals surface area contributed by atoms with Gasteiger partial charge < -0.3 is 9.64 Å². The first-order chi connectivity index (χ1) is 8.09. The molecule has 1 saturated heterocycles. The fourth-order valence-electron chi connectivity index (χ4n) is 1.64. The predicted octanol–water partition coefficient (Wildman–Crippen LogP) is 2.16. The summed E-state index contributed by atoms with van der Waals surface area (Å²) in [5.41, 5.74) is 2.01. The van der Waals surface area contributed by atoms with Crippen LogP contribution in [0, 0.1) is 0 Å². The van der Waals surface area contributed by atoms with E-state index in [2.05, 4.69) is 0 Å². The quantitative estimate of drug-likeness (QED) is 0.588. The molecule has 1 fully saturated rings. The number of allylic oxidation sites excluding steroid dienone is 1. The maximum atomic E-state index is 11.9. The normalized spacial score (nSPS) is 23.4. The molecular formula is C14H17NO2. The van der Waals surface area contributed by atoms with Crippen LogP contribution in [-0.2, 0) is 9.53 Å². The van der Waals surface area contributed by atoms with Gasteiger partial charge in [-0.1, -0.05) is 30.3 Å². The van der Waals surface area contributed by atoms with Crippen LogP contribution in [0.2, 0.25) is 0 Å². The maximum Gasteiger partial charge on any atom is 0.189 e. The SMILES string of the molecule is CC(=CC(=O)[C@@H]1O[C@H]1c1ccccc1)N(C)C. The molecule has 0 saturated carbocycles. The second kappa shape index (κ2) is 4.72. The average molecular weight is 231 g/mol. The van der Waals surface area contributed by atoms with Crippen molar-refractivity contribution < 1.29 is 9.53 Å². The topological polar surface area (TPSA) is 32.8 Å². The summed E-state index contributed by atoms with van der Waals surface area (Å²) in [6.07, 6.45) is 1.29. The second-order valence-electron chi connectivity index (χ2n) is 4.47. The number of hydrogen-bond acceptors (Lipinski definition) is 3. The lowest BCUT2D eigenvalue weighted by atomic mass is 10.1. The predicted molar refractivity (Wildman–Crippen MR) is 66.5 cm³/mol. The monoisotopic (exact) mass is 231 g/mol. The van der Waals surface area contributed by atoms with Crippen molar-refractivity contribution in [2.75, 3.05) is 14.1 Å². The van der Waals surface area contributed by atoms with Gasteiger partial charge in [-0.3, -0.25) is 4.79 Å². The summed E-state index contributed by atoms with van der Waals surface area (Å²) in [6.45, 7) is 1.91. The molecule has 0 unspecified atom stereocenters. The molecule has 0 aromatic heterocycles. The average Bonchev–Trinajstić information content (AvgIpc) is 3.10. The maximum absolute atomic E-state index is 11.9. The molecule has 1 aromatic rings. The highest BCUT2D eigenvalue weighted by Crippen LogP contribution is 2.39. The minimum absolute atomic E-state index is 0.0463. The Morgan fingerprint density at radius 2 is 1.94 bits per heavy atom. The summed E-state index contributed by atoms with van der Waals surface area (Å²) in [5, 5.41) is 0. The Hall–Kier alpha value is -1.61. The van der Waals surface area contributed by atoms with Gasteiger partial charge in [-0.15, -0.1) is 0 Å². The van der Waals surface area contributed by atoms with E-state index in [-0.39, 0.29) is 18.0 Å². The van der Waals surface area contributed by atoms with Crippen LogP contribution in [0.25, 0.3) is 0 Å². The molecule has 17 heavy (non-hydrogen) atoms. The Morgan fingerprint density at radius 3 is 2.53 bits per heavy atom. The smallest absolute Gasteiger partial charge is 0.189 e. The van der Waals surface area contributed by atoms with Gasteiger partial charge >= 0.3 is 0 Å². The molecule has 1 heterocycles. The van der Waals surface area contributed by atoms with Gasteiger partial charge in [-0.2, -0.15) is 0 Å². The molecule has 2 atom stereocenters. The number of rotatable bonds is 4. The van der Waals surface area contributed by atoms with Gasteiger partial charge in [0.25, 0.3) is 0 Å². The largest absolute Gasteiger partial charge is 0.381 e. The fraction of sp³-hybridized carbons (Fsp3) is 0.357. The van der Waals surface area contributed by atoms with Crippen molar-refractivity contribution in [2.24, 2.45) is 0 Å². The fourth-order valence-corrected chi connectivity index (χ4v) is 1.64. The van der Waals surface area contributed by atoms with Crippen LogP contribution in [0.4, 0.5) is 0 Å². The highest BCUT2D eigenvalue weighted by atomic mass is 16.6. The third kappa shape index (κ3) is 2.74. The molecule has 0 bridgehead atoms. The van der Waals surface area contributed by atoms with E-state index in [1.807, 2.05) is 56.3 Å². The molecular weight excluding hydrogens is 214 g/mol. The molecule has 3 heteroatoms. The summed E-state index contributed by atoms with van der Waals surface area (Å²) in [4.78, 5) is 13.8. The number of ketones is 1. The lowest BCUT2D eigenvalue weighted by Gasteiger charge is -2.11. The van der Waals surface area contributed by atoms with Gasteiger partial charge in [0, 0.05) is 25.9 Å². The number of benzene rings is 1. The first-order valence-corrected chi connectivity index (χ1v) is 5.69. The van der Waals surface area contributed by atoms with Crippen LogP contribution in [0.15, 0.2) is 42.1 Å². The molecule has 1 aromatic carbocycles. The second-order valence-corrected chi connectivity index (χ2v) is 4.47. The van der Waals surface area contributed by atoms with Crippen LogP contribution in [0.3, 0.4) is 0 Å². The Bertz CT molecular complexity index is 437. The standard InChI is InChI=1S/C14H17NO2/c1-10(15(2)3)9-12(16)14-13(17-14)11-7-5-4-6-8-11/h4-9,13-14H,1-3H3/t13-,14-/m0/s1. The summed E-state index contributed by atoms with van der Waals surface area (Å²) in [7, 11) is 3.84. The zero-order chi connectivity index (χ0) is 12.4. The van der Waals surface area contributed by atoms with Crippen molar-refractivity contribution in [3.63, 3.8) is 0 Å². The van der Waals surface area contributed by atoms with E-state index >= 15 is 0 Å². The molecule has 0 spiro atoms. The molecule has 90 valence electrons. The zero-order valence-electron chi connectivity index (χ0n) is 10.4. The molecule has 0 radical (unpaired) electrons. The van der Waals surface area contributed by atoms with Crippen LogP contribution in [-0.4, -0.2) is 30.9 Å². The van der Waals surface area contributed by atoms with Gasteiger partial charge in [0.15, 0.2) is 11.9 Å². The van der Waals surface area contributed by atoms with Crippen molar-refractivity contribution in [2.45, 2.75) is 19.1 Å². The van der Waals surface area contributed by atoms with E-state index < -0.39 is 0 Å². The molecule has 0 N–H and O–H groups in total. The van der Waals surface area contributed by atoms with Gasteiger partial charge in [-0.25, -0.2) is 0 Å². The van der Waals surface area contributed by atoms with Crippen molar-refractivity contribution in [3.05, 3.63) is 47.7 Å². The van der Waals surface area contributed by atoms with Gasteiger partial charge in [0.2, 0.25) is 0 Å². The number of epoxide rings is 1. The summed E-state index contributed by atoms with van der Waals surface area (Å²) < 4.78 is 5.43. The van der Waals surface area contributed by atoms with Gasteiger partial charge in [-0.05, 0) is 12.5 Å². The van der Waals surface area contributed by atoms with Gasteiger partial charge in [0.1, 0.15) is 6.10 Å². The molecule has 0 aliphatic carbocycles. The van der Waals surface area contributed by atoms with Crippen LogP contribution < -0.4 is 0 Å². The first kappa shape index (κ1) is 11.9. The zero-order valence-corrected chi connectivity index (χ0v) is 10.4. The number of nitrogens with zero attached hydrogens (tertiary/aromatic N) is 1. The minimum atomic E-state index is -0.299. The highest BCUT2D eigenvalue weighted by molar-refractivity contribution is 5.96. The summed E-state index contributed by atoms with van der Waals surface area (Å²) >= 11 is 0. The lowest BCUT2D eigenvalue weighted by Crippen LogP contribution is -2.12. The van der Waals surface area contributed by atoms with E-state index in [1.54, 1.807) is 6.08 Å².